The summed E-state index contributed by atoms with van der Waals surface area (Å²) in [6.45, 7) is 2.20. The van der Waals surface area contributed by atoms with E-state index in [0.717, 1.165) is 18.4 Å². The fourth-order valence-electron chi connectivity index (χ4n) is 1.89. The number of aromatic hydroxyl groups is 2. The minimum absolute atomic E-state index is 0.0280. The average molecular weight is 257 g/mol. The molecule has 2 nitrogen and oxygen atoms in total. The van der Waals surface area contributed by atoms with Gasteiger partial charge in [-0.2, -0.15) is 0 Å². The number of hydrogen-bond donors (Lipinski definition) is 2. The highest BCUT2D eigenvalue weighted by molar-refractivity contribution is 6.33. The van der Waals surface area contributed by atoms with Crippen molar-refractivity contribution in [2.75, 3.05) is 0 Å². The molecule has 1 aromatic carbocycles. The van der Waals surface area contributed by atoms with Gasteiger partial charge in [-0.05, 0) is 24.5 Å². The number of phenolic OH excluding ortho intramolecular Hbond substituents is 2. The molecule has 0 heterocycles. The Balaban J connectivity index is 2.35. The van der Waals surface area contributed by atoms with Crippen molar-refractivity contribution in [2.24, 2.45) is 0 Å². The second kappa shape index (κ2) is 7.44. The van der Waals surface area contributed by atoms with E-state index < -0.39 is 0 Å². The lowest BCUT2D eigenvalue weighted by atomic mass is 10.0. The highest BCUT2D eigenvalue weighted by atomic mass is 35.5. The van der Waals surface area contributed by atoms with Gasteiger partial charge in [0.1, 0.15) is 16.5 Å². The quantitative estimate of drug-likeness (QED) is 0.697. The normalized spacial score (nSPS) is 10.7. The SMILES string of the molecule is CCCCCCCCc1ccc(O)c(Cl)c1O. The predicted molar refractivity (Wildman–Crippen MR) is 71.9 cm³/mol. The Morgan fingerprint density at radius 2 is 1.65 bits per heavy atom. The number of halogens is 1. The van der Waals surface area contributed by atoms with Crippen molar-refractivity contribution in [3.8, 4) is 11.5 Å². The molecule has 0 radical (unpaired) electrons. The van der Waals surface area contributed by atoms with E-state index in [1.54, 1.807) is 6.07 Å². The molecule has 17 heavy (non-hydrogen) atoms. The molecule has 0 saturated carbocycles. The van der Waals surface area contributed by atoms with Gasteiger partial charge in [0.25, 0.3) is 0 Å². The van der Waals surface area contributed by atoms with Crippen LogP contribution in [0.2, 0.25) is 5.02 Å². The predicted octanol–water partition coefficient (Wildman–Crippen LogP) is 4.65. The standard InChI is InChI=1S/C14H21ClO2/c1-2-3-4-5-6-7-8-11-9-10-12(16)13(15)14(11)17/h9-10,16-17H,2-8H2,1H3. The minimum atomic E-state index is -0.0594. The molecule has 0 aliphatic heterocycles. The lowest BCUT2D eigenvalue weighted by Crippen LogP contribution is -1.88. The zero-order valence-corrected chi connectivity index (χ0v) is 11.1. The molecule has 1 rings (SSSR count). The Morgan fingerprint density at radius 3 is 2.35 bits per heavy atom. The van der Waals surface area contributed by atoms with Gasteiger partial charge in [0.15, 0.2) is 0 Å². The van der Waals surface area contributed by atoms with E-state index >= 15 is 0 Å². The van der Waals surface area contributed by atoms with Crippen LogP contribution in [0.25, 0.3) is 0 Å². The van der Waals surface area contributed by atoms with Crippen molar-refractivity contribution < 1.29 is 10.2 Å². The van der Waals surface area contributed by atoms with Crippen molar-refractivity contribution >= 4 is 11.6 Å². The van der Waals surface area contributed by atoms with Crippen molar-refractivity contribution in [3.63, 3.8) is 0 Å². The molecule has 0 unspecified atom stereocenters. The van der Waals surface area contributed by atoms with Gasteiger partial charge >= 0.3 is 0 Å². The fraction of sp³-hybridized carbons (Fsp3) is 0.571. The maximum atomic E-state index is 9.73. The molecule has 0 atom stereocenters. The maximum Gasteiger partial charge on any atom is 0.141 e. The molecule has 0 bridgehead atoms. The molecule has 0 amide bonds. The second-order valence-electron chi connectivity index (χ2n) is 4.42. The summed E-state index contributed by atoms with van der Waals surface area (Å²) < 4.78 is 0. The van der Waals surface area contributed by atoms with Crippen molar-refractivity contribution in [3.05, 3.63) is 22.7 Å². The zero-order valence-electron chi connectivity index (χ0n) is 10.4. The van der Waals surface area contributed by atoms with Crippen molar-refractivity contribution in [1.29, 1.82) is 0 Å². The molecule has 0 aromatic heterocycles. The molecule has 0 aliphatic rings. The van der Waals surface area contributed by atoms with E-state index in [0.29, 0.717) is 0 Å². The lowest BCUT2D eigenvalue weighted by Gasteiger charge is -2.07. The summed E-state index contributed by atoms with van der Waals surface area (Å²) in [5.74, 6) is -0.0314. The third-order valence-electron chi connectivity index (χ3n) is 2.98. The Hall–Kier alpha value is -0.890. The van der Waals surface area contributed by atoms with Gasteiger partial charge in [0.05, 0.1) is 0 Å². The van der Waals surface area contributed by atoms with Gasteiger partial charge in [-0.15, -0.1) is 0 Å². The van der Waals surface area contributed by atoms with E-state index in [1.165, 1.54) is 38.2 Å². The van der Waals surface area contributed by atoms with Gasteiger partial charge < -0.3 is 10.2 Å². The molecule has 3 heteroatoms. The van der Waals surface area contributed by atoms with E-state index in [9.17, 15) is 10.2 Å². The smallest absolute Gasteiger partial charge is 0.141 e. The van der Waals surface area contributed by atoms with E-state index in [1.807, 2.05) is 0 Å². The summed E-state index contributed by atoms with van der Waals surface area (Å²) in [5, 5.41) is 19.1. The van der Waals surface area contributed by atoms with Gasteiger partial charge in [0, 0.05) is 0 Å². The second-order valence-corrected chi connectivity index (χ2v) is 4.80. The summed E-state index contributed by atoms with van der Waals surface area (Å²) >= 11 is 5.76. The van der Waals surface area contributed by atoms with Crippen LogP contribution in [0.4, 0.5) is 0 Å². The van der Waals surface area contributed by atoms with Gasteiger partial charge in [0.2, 0.25) is 0 Å². The van der Waals surface area contributed by atoms with E-state index in [2.05, 4.69) is 6.92 Å². The Labute approximate surface area is 108 Å². The first kappa shape index (κ1) is 14.2. The number of unbranched alkanes of at least 4 members (excludes halogenated alkanes) is 5. The molecule has 0 saturated heterocycles. The Kier molecular flexibility index (Phi) is 6.20. The fourth-order valence-corrected chi connectivity index (χ4v) is 2.08. The highest BCUT2D eigenvalue weighted by Crippen LogP contribution is 2.35. The molecule has 0 fully saturated rings. The van der Waals surface area contributed by atoms with Crippen LogP contribution < -0.4 is 0 Å². The molecule has 2 N–H and O–H groups in total. The first-order chi connectivity index (χ1) is 8.16. The molecule has 96 valence electrons. The van der Waals surface area contributed by atoms with Crippen LogP contribution in [-0.4, -0.2) is 10.2 Å². The van der Waals surface area contributed by atoms with Gasteiger partial charge in [-0.25, -0.2) is 0 Å². The molecule has 0 aliphatic carbocycles. The first-order valence-corrected chi connectivity index (χ1v) is 6.74. The third kappa shape index (κ3) is 4.47. The summed E-state index contributed by atoms with van der Waals surface area (Å²) in [7, 11) is 0. The third-order valence-corrected chi connectivity index (χ3v) is 3.35. The largest absolute Gasteiger partial charge is 0.506 e. The lowest BCUT2D eigenvalue weighted by molar-refractivity contribution is 0.445. The van der Waals surface area contributed by atoms with Gasteiger partial charge in [-0.3, -0.25) is 0 Å². The summed E-state index contributed by atoms with van der Waals surface area (Å²) in [6.07, 6.45) is 8.15. The average Bonchev–Trinajstić information content (AvgIpc) is 2.33. The highest BCUT2D eigenvalue weighted by Gasteiger charge is 2.09. The van der Waals surface area contributed by atoms with Crippen molar-refractivity contribution in [1.82, 2.24) is 0 Å². The van der Waals surface area contributed by atoms with Crippen LogP contribution in [0, 0.1) is 0 Å². The minimum Gasteiger partial charge on any atom is -0.506 e. The van der Waals surface area contributed by atoms with Crippen LogP contribution in [-0.2, 0) is 6.42 Å². The number of rotatable bonds is 7. The number of phenols is 2. The molecule has 0 spiro atoms. The van der Waals surface area contributed by atoms with Crippen LogP contribution in [0.1, 0.15) is 51.0 Å². The van der Waals surface area contributed by atoms with Crippen LogP contribution in [0.3, 0.4) is 0 Å². The molecular weight excluding hydrogens is 236 g/mol. The van der Waals surface area contributed by atoms with E-state index in [-0.39, 0.29) is 16.5 Å². The zero-order chi connectivity index (χ0) is 12.7. The first-order valence-electron chi connectivity index (χ1n) is 6.36. The van der Waals surface area contributed by atoms with Crippen molar-refractivity contribution in [2.45, 2.75) is 51.9 Å². The number of benzene rings is 1. The molecule has 1 aromatic rings. The maximum absolute atomic E-state index is 9.73. The molecular formula is C14H21ClO2. The topological polar surface area (TPSA) is 40.5 Å². The Bertz CT molecular complexity index is 350. The van der Waals surface area contributed by atoms with Crippen LogP contribution >= 0.6 is 11.6 Å². The van der Waals surface area contributed by atoms with Crippen LogP contribution in [0.5, 0.6) is 11.5 Å². The monoisotopic (exact) mass is 256 g/mol. The van der Waals surface area contributed by atoms with Gasteiger partial charge in [-0.1, -0.05) is 56.7 Å². The van der Waals surface area contributed by atoms with E-state index in [4.69, 9.17) is 11.6 Å². The number of aryl methyl sites for hydroxylation is 1. The Morgan fingerprint density at radius 1 is 1.00 bits per heavy atom. The summed E-state index contributed by atoms with van der Waals surface area (Å²) in [6, 6.07) is 3.27. The van der Waals surface area contributed by atoms with Crippen LogP contribution in [0.15, 0.2) is 12.1 Å². The summed E-state index contributed by atoms with van der Waals surface area (Å²) in [4.78, 5) is 0. The summed E-state index contributed by atoms with van der Waals surface area (Å²) in [5.41, 5.74) is 0.822. The number of hydrogen-bond acceptors (Lipinski definition) is 2.